The first-order chi connectivity index (χ1) is 7.29. The van der Waals surface area contributed by atoms with Gasteiger partial charge in [-0.3, -0.25) is 4.57 Å². The summed E-state index contributed by atoms with van der Waals surface area (Å²) >= 11 is 0. The van der Waals surface area contributed by atoms with Gasteiger partial charge in [-0.1, -0.05) is 6.92 Å². The fourth-order valence-corrected chi connectivity index (χ4v) is 2.30. The lowest BCUT2D eigenvalue weighted by atomic mass is 10.0. The summed E-state index contributed by atoms with van der Waals surface area (Å²) in [6.07, 6.45) is 4.77. The Morgan fingerprint density at radius 1 is 1.53 bits per heavy atom. The maximum Gasteiger partial charge on any atom is 0.204 e. The molecule has 4 N–H and O–H groups in total. The van der Waals surface area contributed by atoms with Gasteiger partial charge in [0.2, 0.25) is 5.95 Å². The molecule has 15 heavy (non-hydrogen) atoms. The number of nitrogens with zero attached hydrogens (tertiary/aromatic N) is 3. The van der Waals surface area contributed by atoms with Crippen molar-refractivity contribution in [1.82, 2.24) is 14.9 Å². The number of aliphatic imine (C=N–C) groups is 1. The topological polar surface area (TPSA) is 80.3 Å². The number of nitrogens with one attached hydrogen (secondary N) is 2. The van der Waals surface area contributed by atoms with E-state index >= 15 is 0 Å². The van der Waals surface area contributed by atoms with Crippen LogP contribution in [-0.4, -0.2) is 27.6 Å². The van der Waals surface area contributed by atoms with Gasteiger partial charge in [-0.2, -0.15) is 0 Å². The molecule has 3 atom stereocenters. The lowest BCUT2D eigenvalue weighted by molar-refractivity contribution is 0.353. The molecule has 3 rings (SSSR count). The molecule has 3 heterocycles. The van der Waals surface area contributed by atoms with E-state index in [1.807, 2.05) is 10.8 Å². The minimum Gasteiger partial charge on any atom is -0.370 e. The predicted octanol–water partition coefficient (Wildman–Crippen LogP) is -0.128. The van der Waals surface area contributed by atoms with Crippen LogP contribution < -0.4 is 16.4 Å². The van der Waals surface area contributed by atoms with Crippen LogP contribution in [0, 0.1) is 0 Å². The average molecular weight is 206 g/mol. The zero-order valence-electron chi connectivity index (χ0n) is 8.51. The highest BCUT2D eigenvalue weighted by Gasteiger charge is 2.39. The second-order valence-corrected chi connectivity index (χ2v) is 3.92. The zero-order chi connectivity index (χ0) is 10.4. The van der Waals surface area contributed by atoms with Crippen LogP contribution in [0.5, 0.6) is 0 Å². The van der Waals surface area contributed by atoms with Gasteiger partial charge in [-0.25, -0.2) is 9.98 Å². The normalized spacial score (nSPS) is 32.3. The van der Waals surface area contributed by atoms with Crippen LogP contribution in [0.3, 0.4) is 0 Å². The maximum absolute atomic E-state index is 5.71. The number of rotatable bonds is 1. The molecular formula is C9H14N6. The van der Waals surface area contributed by atoms with E-state index < -0.39 is 0 Å². The first-order valence-corrected chi connectivity index (χ1v) is 5.18. The summed E-state index contributed by atoms with van der Waals surface area (Å²) in [6.45, 7) is 2.14. The number of hydrogen-bond acceptors (Lipinski definition) is 5. The zero-order valence-corrected chi connectivity index (χ0v) is 8.51. The third kappa shape index (κ3) is 1.10. The van der Waals surface area contributed by atoms with Crippen LogP contribution in [0.15, 0.2) is 17.4 Å². The molecule has 0 unspecified atom stereocenters. The highest BCUT2D eigenvalue weighted by Crippen LogP contribution is 2.31. The Hall–Kier alpha value is -1.72. The van der Waals surface area contributed by atoms with Crippen molar-refractivity contribution in [2.75, 3.05) is 5.32 Å². The van der Waals surface area contributed by atoms with Crippen molar-refractivity contribution in [3.63, 3.8) is 0 Å². The average Bonchev–Trinajstić information content (AvgIpc) is 2.80. The third-order valence-electron chi connectivity index (χ3n) is 3.05. The number of guanidine groups is 1. The number of nitrogens with two attached hydrogens (primary N) is 1. The molecule has 2 aliphatic rings. The highest BCUT2D eigenvalue weighted by molar-refractivity contribution is 5.80. The van der Waals surface area contributed by atoms with Crippen LogP contribution in [0.25, 0.3) is 0 Å². The molecule has 6 heteroatoms. The predicted molar refractivity (Wildman–Crippen MR) is 57.5 cm³/mol. The molecule has 0 radical (unpaired) electrons. The number of anilines is 1. The highest BCUT2D eigenvalue weighted by atomic mass is 15.4. The van der Waals surface area contributed by atoms with E-state index in [2.05, 4.69) is 27.5 Å². The van der Waals surface area contributed by atoms with Gasteiger partial charge in [0, 0.05) is 12.4 Å². The van der Waals surface area contributed by atoms with Crippen LogP contribution >= 0.6 is 0 Å². The Kier molecular flexibility index (Phi) is 1.65. The van der Waals surface area contributed by atoms with Gasteiger partial charge >= 0.3 is 0 Å². The molecule has 0 amide bonds. The molecule has 0 spiro atoms. The van der Waals surface area contributed by atoms with Crippen LogP contribution in [0.1, 0.15) is 19.5 Å². The maximum atomic E-state index is 5.71. The van der Waals surface area contributed by atoms with Crippen molar-refractivity contribution in [2.45, 2.75) is 31.6 Å². The Balaban J connectivity index is 2.04. The molecule has 80 valence electrons. The Morgan fingerprint density at radius 2 is 2.40 bits per heavy atom. The van der Waals surface area contributed by atoms with Gasteiger partial charge in [-0.05, 0) is 6.42 Å². The summed E-state index contributed by atoms with van der Waals surface area (Å²) in [4.78, 5) is 8.64. The Bertz CT molecular complexity index is 408. The number of aromatic nitrogens is 2. The van der Waals surface area contributed by atoms with E-state index in [4.69, 9.17) is 5.73 Å². The monoisotopic (exact) mass is 206 g/mol. The third-order valence-corrected chi connectivity index (χ3v) is 3.05. The van der Waals surface area contributed by atoms with Gasteiger partial charge in [0.15, 0.2) is 12.1 Å². The smallest absolute Gasteiger partial charge is 0.204 e. The van der Waals surface area contributed by atoms with Gasteiger partial charge in [0.05, 0.1) is 12.1 Å². The van der Waals surface area contributed by atoms with Crippen molar-refractivity contribution in [3.8, 4) is 0 Å². The molecular weight excluding hydrogens is 192 g/mol. The summed E-state index contributed by atoms with van der Waals surface area (Å²) in [5, 5.41) is 6.58. The lowest BCUT2D eigenvalue weighted by Gasteiger charge is -2.34. The SMILES string of the molecule is CC[C@@H]1Nc2nccn2[C@H]2N=C(N)N[C@@H]12. The molecule has 0 bridgehead atoms. The van der Waals surface area contributed by atoms with Gasteiger partial charge < -0.3 is 16.4 Å². The van der Waals surface area contributed by atoms with Crippen molar-refractivity contribution in [2.24, 2.45) is 10.7 Å². The van der Waals surface area contributed by atoms with Crippen molar-refractivity contribution in [3.05, 3.63) is 12.4 Å². The van der Waals surface area contributed by atoms with Gasteiger partial charge in [0.25, 0.3) is 0 Å². The fourth-order valence-electron chi connectivity index (χ4n) is 2.30. The minimum absolute atomic E-state index is 0.0497. The van der Waals surface area contributed by atoms with Gasteiger partial charge in [0.1, 0.15) is 0 Å². The summed E-state index contributed by atoms with van der Waals surface area (Å²) in [6, 6.07) is 0.561. The molecule has 2 aliphatic heterocycles. The van der Waals surface area contributed by atoms with Crippen molar-refractivity contribution >= 4 is 11.9 Å². The summed E-state index contributed by atoms with van der Waals surface area (Å²) in [5.74, 6) is 1.40. The van der Waals surface area contributed by atoms with E-state index in [0.29, 0.717) is 12.0 Å². The molecule has 0 aliphatic carbocycles. The lowest BCUT2D eigenvalue weighted by Crippen LogP contribution is -2.51. The summed E-state index contributed by atoms with van der Waals surface area (Å²) < 4.78 is 2.02. The molecule has 1 aromatic rings. The Labute approximate surface area is 87.6 Å². The summed E-state index contributed by atoms with van der Waals surface area (Å²) in [5.41, 5.74) is 5.71. The van der Waals surface area contributed by atoms with Crippen LogP contribution in [-0.2, 0) is 0 Å². The van der Waals surface area contributed by atoms with Crippen molar-refractivity contribution in [1.29, 1.82) is 0 Å². The van der Waals surface area contributed by atoms with E-state index in [-0.39, 0.29) is 12.2 Å². The fraction of sp³-hybridized carbons (Fsp3) is 0.556. The van der Waals surface area contributed by atoms with Gasteiger partial charge in [-0.15, -0.1) is 0 Å². The standard InChI is InChI=1S/C9H14N6/c1-2-5-6-7(14-8(10)13-6)15-4-3-11-9(15)12-5/h3-7H,2H2,1H3,(H,11,12)(H3,10,13,14)/t5-,6-,7+/m0/s1. The van der Waals surface area contributed by atoms with E-state index in [0.717, 1.165) is 12.4 Å². The molecule has 0 fully saturated rings. The molecule has 6 nitrogen and oxygen atoms in total. The van der Waals surface area contributed by atoms with Crippen LogP contribution in [0.4, 0.5) is 5.95 Å². The molecule has 1 aromatic heterocycles. The quantitative estimate of drug-likeness (QED) is 0.598. The number of fused-ring (bicyclic) bond motifs is 3. The minimum atomic E-state index is 0.0497. The molecule has 0 saturated heterocycles. The first-order valence-electron chi connectivity index (χ1n) is 5.18. The van der Waals surface area contributed by atoms with E-state index in [9.17, 15) is 0 Å². The second-order valence-electron chi connectivity index (χ2n) is 3.92. The summed E-state index contributed by atoms with van der Waals surface area (Å²) in [7, 11) is 0. The number of hydrogen-bond donors (Lipinski definition) is 3. The second kappa shape index (κ2) is 2.88. The van der Waals surface area contributed by atoms with E-state index in [1.54, 1.807) is 6.20 Å². The Morgan fingerprint density at radius 3 is 3.20 bits per heavy atom. The van der Waals surface area contributed by atoms with Crippen molar-refractivity contribution < 1.29 is 0 Å². The molecule has 0 saturated carbocycles. The largest absolute Gasteiger partial charge is 0.370 e. The van der Waals surface area contributed by atoms with E-state index in [1.165, 1.54) is 0 Å². The first kappa shape index (κ1) is 8.58. The molecule has 0 aromatic carbocycles. The number of imidazole rings is 1. The van der Waals surface area contributed by atoms with Crippen LogP contribution in [0.2, 0.25) is 0 Å².